The summed E-state index contributed by atoms with van der Waals surface area (Å²) < 4.78 is 5.31. The number of rotatable bonds is 3. The van der Waals surface area contributed by atoms with E-state index in [0.29, 0.717) is 12.0 Å². The van der Waals surface area contributed by atoms with Crippen LogP contribution in [0, 0.1) is 5.92 Å². The summed E-state index contributed by atoms with van der Waals surface area (Å²) in [7, 11) is 0. The number of carbonyl (C=O) groups is 1. The van der Waals surface area contributed by atoms with Crippen molar-refractivity contribution >= 4 is 18.3 Å². The number of ether oxygens (including phenoxy) is 1. The van der Waals surface area contributed by atoms with Crippen molar-refractivity contribution in [3.63, 3.8) is 0 Å². The van der Waals surface area contributed by atoms with Gasteiger partial charge in [0.25, 0.3) is 0 Å². The third-order valence-electron chi connectivity index (χ3n) is 4.28. The van der Waals surface area contributed by atoms with Crippen molar-refractivity contribution < 1.29 is 9.53 Å². The number of hydrogen-bond acceptors (Lipinski definition) is 3. The predicted molar refractivity (Wildman–Crippen MR) is 78.4 cm³/mol. The van der Waals surface area contributed by atoms with Gasteiger partial charge in [0.2, 0.25) is 5.91 Å². The molecule has 0 aromatic rings. The van der Waals surface area contributed by atoms with Crippen LogP contribution in [0.2, 0.25) is 0 Å². The monoisotopic (exact) mass is 290 g/mol. The number of nitrogens with two attached hydrogens (primary N) is 1. The van der Waals surface area contributed by atoms with E-state index in [9.17, 15) is 4.79 Å². The third-order valence-corrected chi connectivity index (χ3v) is 4.28. The van der Waals surface area contributed by atoms with Crippen LogP contribution in [-0.4, -0.2) is 31.2 Å². The molecule has 2 rings (SSSR count). The second-order valence-electron chi connectivity index (χ2n) is 5.67. The Morgan fingerprint density at radius 3 is 2.21 bits per heavy atom. The SMILES string of the molecule is Cl.NC(C(=O)NC1CCCCCC1)C1CCOCC1. The maximum Gasteiger partial charge on any atom is 0.237 e. The van der Waals surface area contributed by atoms with Gasteiger partial charge in [-0.25, -0.2) is 0 Å². The Bertz CT molecular complexity index is 262. The molecule has 1 heterocycles. The van der Waals surface area contributed by atoms with E-state index in [2.05, 4.69) is 5.32 Å². The lowest BCUT2D eigenvalue weighted by atomic mass is 9.91. The summed E-state index contributed by atoms with van der Waals surface area (Å²) in [6.07, 6.45) is 9.14. The van der Waals surface area contributed by atoms with Gasteiger partial charge in [-0.2, -0.15) is 0 Å². The summed E-state index contributed by atoms with van der Waals surface area (Å²) in [6.45, 7) is 1.49. The molecule has 1 saturated carbocycles. The van der Waals surface area contributed by atoms with Gasteiger partial charge < -0.3 is 15.8 Å². The number of halogens is 1. The maximum atomic E-state index is 12.1. The maximum absolute atomic E-state index is 12.1. The highest BCUT2D eigenvalue weighted by Gasteiger charge is 2.27. The summed E-state index contributed by atoms with van der Waals surface area (Å²) in [4.78, 5) is 12.1. The summed E-state index contributed by atoms with van der Waals surface area (Å²) >= 11 is 0. The Morgan fingerprint density at radius 2 is 1.63 bits per heavy atom. The largest absolute Gasteiger partial charge is 0.381 e. The predicted octanol–water partition coefficient (Wildman–Crippen LogP) is 2.00. The molecule has 1 saturated heterocycles. The summed E-state index contributed by atoms with van der Waals surface area (Å²) in [6, 6.07) is 0.00282. The first kappa shape index (κ1) is 16.7. The molecule has 1 atom stereocenters. The Labute approximate surface area is 122 Å². The molecule has 112 valence electrons. The highest BCUT2D eigenvalue weighted by Crippen LogP contribution is 2.20. The first-order valence-corrected chi connectivity index (χ1v) is 7.41. The Kier molecular flexibility index (Phi) is 7.73. The zero-order valence-corrected chi connectivity index (χ0v) is 12.4. The zero-order valence-electron chi connectivity index (χ0n) is 11.6. The summed E-state index contributed by atoms with van der Waals surface area (Å²) in [5.74, 6) is 0.346. The molecule has 0 bridgehead atoms. The van der Waals surface area contributed by atoms with Crippen LogP contribution in [0.25, 0.3) is 0 Å². The van der Waals surface area contributed by atoms with Crippen molar-refractivity contribution in [3.8, 4) is 0 Å². The van der Waals surface area contributed by atoms with E-state index in [1.54, 1.807) is 0 Å². The van der Waals surface area contributed by atoms with Crippen LogP contribution in [-0.2, 0) is 9.53 Å². The molecule has 19 heavy (non-hydrogen) atoms. The third kappa shape index (κ3) is 5.28. The van der Waals surface area contributed by atoms with Gasteiger partial charge >= 0.3 is 0 Å². The molecule has 1 aliphatic heterocycles. The van der Waals surface area contributed by atoms with E-state index >= 15 is 0 Å². The summed E-state index contributed by atoms with van der Waals surface area (Å²) in [5, 5.41) is 3.15. The van der Waals surface area contributed by atoms with Crippen molar-refractivity contribution in [2.24, 2.45) is 11.7 Å². The van der Waals surface area contributed by atoms with Crippen molar-refractivity contribution in [2.75, 3.05) is 13.2 Å². The lowest BCUT2D eigenvalue weighted by Gasteiger charge is -2.28. The highest BCUT2D eigenvalue weighted by molar-refractivity contribution is 5.85. The topological polar surface area (TPSA) is 64.4 Å². The van der Waals surface area contributed by atoms with Gasteiger partial charge in [-0.3, -0.25) is 4.79 Å². The van der Waals surface area contributed by atoms with Crippen molar-refractivity contribution in [3.05, 3.63) is 0 Å². The first-order valence-electron chi connectivity index (χ1n) is 7.41. The van der Waals surface area contributed by atoms with E-state index in [0.717, 1.165) is 38.9 Å². The molecule has 1 amide bonds. The van der Waals surface area contributed by atoms with Crippen LogP contribution < -0.4 is 11.1 Å². The zero-order chi connectivity index (χ0) is 12.8. The fourth-order valence-electron chi connectivity index (χ4n) is 3.01. The van der Waals surface area contributed by atoms with Crippen molar-refractivity contribution in [1.29, 1.82) is 0 Å². The molecule has 3 N–H and O–H groups in total. The van der Waals surface area contributed by atoms with E-state index in [1.165, 1.54) is 25.7 Å². The second kappa shape index (κ2) is 8.77. The molecule has 2 fully saturated rings. The van der Waals surface area contributed by atoms with Gasteiger partial charge in [-0.15, -0.1) is 12.4 Å². The molecule has 5 heteroatoms. The van der Waals surface area contributed by atoms with Crippen LogP contribution in [0.5, 0.6) is 0 Å². The average Bonchev–Trinajstić information content (AvgIpc) is 2.67. The summed E-state index contributed by atoms with van der Waals surface area (Å²) in [5.41, 5.74) is 6.08. The fraction of sp³-hybridized carbons (Fsp3) is 0.929. The standard InChI is InChI=1S/C14H26N2O2.ClH/c15-13(11-7-9-18-10-8-11)14(17)16-12-5-3-1-2-4-6-12;/h11-13H,1-10,15H2,(H,16,17);1H. The van der Waals surface area contributed by atoms with E-state index < -0.39 is 0 Å². The van der Waals surface area contributed by atoms with Gasteiger partial charge in [-0.1, -0.05) is 25.7 Å². The van der Waals surface area contributed by atoms with Gasteiger partial charge in [0.05, 0.1) is 6.04 Å². The Balaban J connectivity index is 0.00000180. The van der Waals surface area contributed by atoms with Gasteiger partial charge in [0.1, 0.15) is 0 Å². The second-order valence-corrected chi connectivity index (χ2v) is 5.67. The normalized spacial score (nSPS) is 24.1. The van der Waals surface area contributed by atoms with Crippen LogP contribution in [0.3, 0.4) is 0 Å². The minimum Gasteiger partial charge on any atom is -0.381 e. The van der Waals surface area contributed by atoms with Crippen LogP contribution in [0.4, 0.5) is 0 Å². The molecule has 0 aromatic heterocycles. The van der Waals surface area contributed by atoms with Gasteiger partial charge in [0.15, 0.2) is 0 Å². The van der Waals surface area contributed by atoms with Crippen LogP contribution in [0.1, 0.15) is 51.4 Å². The van der Waals surface area contributed by atoms with E-state index in [-0.39, 0.29) is 24.4 Å². The Morgan fingerprint density at radius 1 is 1.05 bits per heavy atom. The minimum absolute atomic E-state index is 0. The molecule has 2 aliphatic rings. The smallest absolute Gasteiger partial charge is 0.237 e. The molecule has 0 aromatic carbocycles. The minimum atomic E-state index is -0.350. The molecule has 1 aliphatic carbocycles. The molecule has 0 spiro atoms. The molecule has 1 unspecified atom stereocenters. The van der Waals surface area contributed by atoms with Crippen LogP contribution >= 0.6 is 12.4 Å². The van der Waals surface area contributed by atoms with Crippen molar-refractivity contribution in [2.45, 2.75) is 63.5 Å². The number of hydrogen-bond donors (Lipinski definition) is 2. The molecular weight excluding hydrogens is 264 g/mol. The van der Waals surface area contributed by atoms with Crippen molar-refractivity contribution in [1.82, 2.24) is 5.32 Å². The number of amides is 1. The molecule has 0 radical (unpaired) electrons. The lowest BCUT2D eigenvalue weighted by Crippen LogP contribution is -2.50. The van der Waals surface area contributed by atoms with E-state index in [4.69, 9.17) is 10.5 Å². The van der Waals surface area contributed by atoms with E-state index in [1.807, 2.05) is 0 Å². The quantitative estimate of drug-likeness (QED) is 0.782. The first-order chi connectivity index (χ1) is 8.77. The van der Waals surface area contributed by atoms with Gasteiger partial charge in [-0.05, 0) is 31.6 Å². The number of nitrogens with one attached hydrogen (secondary N) is 1. The van der Waals surface area contributed by atoms with Crippen LogP contribution in [0.15, 0.2) is 0 Å². The van der Waals surface area contributed by atoms with Gasteiger partial charge in [0, 0.05) is 19.3 Å². The fourth-order valence-corrected chi connectivity index (χ4v) is 3.01. The molecular formula is C14H27ClN2O2. The average molecular weight is 291 g/mol. The highest BCUT2D eigenvalue weighted by atomic mass is 35.5. The lowest BCUT2D eigenvalue weighted by molar-refractivity contribution is -0.125. The Hall–Kier alpha value is -0.320. The number of carbonyl (C=O) groups excluding carboxylic acids is 1. The molecule has 4 nitrogen and oxygen atoms in total.